The van der Waals surface area contributed by atoms with E-state index in [1.54, 1.807) is 13.8 Å². The summed E-state index contributed by atoms with van der Waals surface area (Å²) in [6.07, 6.45) is 1.32. The quantitative estimate of drug-likeness (QED) is 0.593. The molecule has 0 saturated heterocycles. The lowest BCUT2D eigenvalue weighted by atomic mass is 9.84. The molecule has 0 rings (SSSR count). The Bertz CT molecular complexity index is 380. The van der Waals surface area contributed by atoms with Gasteiger partial charge in [-0.25, -0.2) is 4.79 Å². The molecule has 0 aromatic rings. The Morgan fingerprint density at radius 1 is 1.24 bits per heavy atom. The molecule has 0 spiro atoms. The molecule has 0 aliphatic carbocycles. The van der Waals surface area contributed by atoms with Gasteiger partial charge in [0.15, 0.2) is 0 Å². The van der Waals surface area contributed by atoms with Gasteiger partial charge in [-0.05, 0) is 32.1 Å². The number of nitrogens with zero attached hydrogens (tertiary/aromatic N) is 1. The molecule has 0 atom stereocenters. The topological polar surface area (TPSA) is 113 Å². The first-order valence-electron chi connectivity index (χ1n) is 7.10. The van der Waals surface area contributed by atoms with Crippen molar-refractivity contribution in [1.82, 2.24) is 10.2 Å². The number of hydrogen-bond donors (Lipinski definition) is 3. The number of carbonyl (C=O) groups excluding carboxylic acids is 2. The molecule has 122 valence electrons. The first-order valence-corrected chi connectivity index (χ1v) is 7.10. The molecule has 0 saturated carbocycles. The minimum Gasteiger partial charge on any atom is -0.481 e. The number of nitrogens with two attached hydrogens (primary N) is 1. The third-order valence-electron chi connectivity index (χ3n) is 3.30. The van der Waals surface area contributed by atoms with E-state index in [0.29, 0.717) is 19.4 Å². The summed E-state index contributed by atoms with van der Waals surface area (Å²) in [6, 6.07) is -0.463. The monoisotopic (exact) mass is 301 g/mol. The number of carboxylic acids is 1. The van der Waals surface area contributed by atoms with Crippen molar-refractivity contribution in [3.8, 4) is 0 Å². The Morgan fingerprint density at radius 2 is 1.81 bits per heavy atom. The maximum atomic E-state index is 12.0. The summed E-state index contributed by atoms with van der Waals surface area (Å²) in [4.78, 5) is 34.9. The second-order valence-electron chi connectivity index (χ2n) is 6.23. The van der Waals surface area contributed by atoms with Crippen LogP contribution in [0.25, 0.3) is 0 Å². The first-order chi connectivity index (χ1) is 9.55. The van der Waals surface area contributed by atoms with E-state index in [1.165, 1.54) is 4.90 Å². The molecule has 0 heterocycles. The number of amides is 3. The van der Waals surface area contributed by atoms with Gasteiger partial charge in [-0.15, -0.1) is 0 Å². The lowest BCUT2D eigenvalue weighted by Crippen LogP contribution is -2.48. The van der Waals surface area contributed by atoms with Gasteiger partial charge in [-0.1, -0.05) is 13.8 Å². The molecule has 0 aromatic carbocycles. The highest BCUT2D eigenvalue weighted by molar-refractivity contribution is 5.83. The molecule has 0 fully saturated rings. The summed E-state index contributed by atoms with van der Waals surface area (Å²) in [5, 5.41) is 11.4. The number of hydrogen-bond acceptors (Lipinski definition) is 3. The van der Waals surface area contributed by atoms with Gasteiger partial charge < -0.3 is 21.1 Å². The molecular formula is C14H27N3O4. The van der Waals surface area contributed by atoms with Crippen LogP contribution in [0, 0.1) is 5.41 Å². The number of carbonyl (C=O) groups is 3. The molecule has 21 heavy (non-hydrogen) atoms. The van der Waals surface area contributed by atoms with Crippen LogP contribution in [0.2, 0.25) is 0 Å². The second-order valence-corrected chi connectivity index (χ2v) is 6.23. The Kier molecular flexibility index (Phi) is 7.76. The van der Waals surface area contributed by atoms with E-state index in [-0.39, 0.29) is 30.5 Å². The second kappa shape index (κ2) is 8.49. The van der Waals surface area contributed by atoms with Crippen molar-refractivity contribution in [3.05, 3.63) is 0 Å². The zero-order valence-corrected chi connectivity index (χ0v) is 13.3. The number of urea groups is 1. The first kappa shape index (κ1) is 19.2. The lowest BCUT2D eigenvalue weighted by molar-refractivity contribution is -0.137. The van der Waals surface area contributed by atoms with Crippen LogP contribution in [0.3, 0.4) is 0 Å². The Hall–Kier alpha value is -1.79. The fraction of sp³-hybridized carbons (Fsp3) is 0.786. The van der Waals surface area contributed by atoms with Crippen LogP contribution in [0.5, 0.6) is 0 Å². The summed E-state index contributed by atoms with van der Waals surface area (Å²) < 4.78 is 0. The van der Waals surface area contributed by atoms with Crippen molar-refractivity contribution < 1.29 is 19.5 Å². The number of carboxylic acid groups (broad SMARTS) is 1. The normalized spacial score (nSPS) is 11.3. The number of rotatable bonds is 9. The van der Waals surface area contributed by atoms with Gasteiger partial charge in [0.2, 0.25) is 5.91 Å². The van der Waals surface area contributed by atoms with Crippen LogP contribution >= 0.6 is 0 Å². The van der Waals surface area contributed by atoms with Crippen molar-refractivity contribution in [2.45, 2.75) is 53.0 Å². The average Bonchev–Trinajstić information content (AvgIpc) is 2.32. The highest BCUT2D eigenvalue weighted by Gasteiger charge is 2.22. The Labute approximate surface area is 125 Å². The van der Waals surface area contributed by atoms with Crippen LogP contribution < -0.4 is 11.1 Å². The molecule has 3 amide bonds. The van der Waals surface area contributed by atoms with Crippen molar-refractivity contribution in [1.29, 1.82) is 0 Å². The summed E-state index contributed by atoms with van der Waals surface area (Å²) in [5.74, 6) is -1.37. The zero-order chi connectivity index (χ0) is 16.6. The fourth-order valence-corrected chi connectivity index (χ4v) is 1.84. The summed E-state index contributed by atoms with van der Waals surface area (Å²) >= 11 is 0. The predicted molar refractivity (Wildman–Crippen MR) is 79.7 cm³/mol. The Morgan fingerprint density at radius 3 is 2.24 bits per heavy atom. The van der Waals surface area contributed by atoms with Crippen molar-refractivity contribution in [2.24, 2.45) is 11.1 Å². The van der Waals surface area contributed by atoms with Crippen LogP contribution in [-0.4, -0.2) is 47.0 Å². The van der Waals surface area contributed by atoms with Gasteiger partial charge in [0.25, 0.3) is 0 Å². The molecule has 7 heteroatoms. The molecule has 7 nitrogen and oxygen atoms in total. The Balaban J connectivity index is 4.27. The molecule has 0 aliphatic heterocycles. The van der Waals surface area contributed by atoms with Gasteiger partial charge in [-0.2, -0.15) is 0 Å². The molecule has 0 aliphatic rings. The SMILES string of the molecule is CC(C)N(CC(N)=O)C(=O)NCCC(C)(C)CCC(=O)O. The maximum absolute atomic E-state index is 12.0. The van der Waals surface area contributed by atoms with Crippen LogP contribution in [0.4, 0.5) is 4.79 Å². The van der Waals surface area contributed by atoms with E-state index < -0.39 is 11.9 Å². The van der Waals surface area contributed by atoms with E-state index >= 15 is 0 Å². The summed E-state index contributed by atoms with van der Waals surface area (Å²) in [5.41, 5.74) is 4.95. The minimum atomic E-state index is -0.820. The molecule has 0 radical (unpaired) electrons. The lowest BCUT2D eigenvalue weighted by Gasteiger charge is -2.27. The standard InChI is InChI=1S/C14H27N3O4/c1-10(2)17(9-11(15)18)13(21)16-8-7-14(3,4)6-5-12(19)20/h10H,5-9H2,1-4H3,(H2,15,18)(H,16,21)(H,19,20). The van der Waals surface area contributed by atoms with Crippen LogP contribution in [-0.2, 0) is 9.59 Å². The van der Waals surface area contributed by atoms with Crippen molar-refractivity contribution >= 4 is 17.9 Å². The smallest absolute Gasteiger partial charge is 0.318 e. The number of nitrogens with one attached hydrogen (secondary N) is 1. The summed E-state index contributed by atoms with van der Waals surface area (Å²) in [7, 11) is 0. The van der Waals surface area contributed by atoms with E-state index in [9.17, 15) is 14.4 Å². The maximum Gasteiger partial charge on any atom is 0.318 e. The van der Waals surface area contributed by atoms with Crippen LogP contribution in [0.15, 0.2) is 0 Å². The van der Waals surface area contributed by atoms with Gasteiger partial charge in [-0.3, -0.25) is 9.59 Å². The third-order valence-corrected chi connectivity index (χ3v) is 3.30. The van der Waals surface area contributed by atoms with Crippen molar-refractivity contribution in [3.63, 3.8) is 0 Å². The van der Waals surface area contributed by atoms with E-state index in [4.69, 9.17) is 10.8 Å². The van der Waals surface area contributed by atoms with E-state index in [0.717, 1.165) is 0 Å². The van der Waals surface area contributed by atoms with E-state index in [1.807, 2.05) is 13.8 Å². The largest absolute Gasteiger partial charge is 0.481 e. The minimum absolute atomic E-state index is 0.112. The van der Waals surface area contributed by atoms with E-state index in [2.05, 4.69) is 5.32 Å². The molecule has 0 unspecified atom stereocenters. The number of primary amides is 1. The van der Waals surface area contributed by atoms with Crippen molar-refractivity contribution in [2.75, 3.05) is 13.1 Å². The summed E-state index contributed by atoms with van der Waals surface area (Å²) in [6.45, 7) is 7.84. The fourth-order valence-electron chi connectivity index (χ4n) is 1.84. The third kappa shape index (κ3) is 8.88. The molecular weight excluding hydrogens is 274 g/mol. The van der Waals surface area contributed by atoms with Gasteiger partial charge in [0.1, 0.15) is 6.54 Å². The zero-order valence-electron chi connectivity index (χ0n) is 13.3. The van der Waals surface area contributed by atoms with Crippen LogP contribution in [0.1, 0.15) is 47.0 Å². The molecule has 4 N–H and O–H groups in total. The highest BCUT2D eigenvalue weighted by atomic mass is 16.4. The number of aliphatic carboxylic acids is 1. The van der Waals surface area contributed by atoms with Gasteiger partial charge in [0, 0.05) is 19.0 Å². The van der Waals surface area contributed by atoms with Gasteiger partial charge in [0.05, 0.1) is 0 Å². The molecule has 0 bridgehead atoms. The average molecular weight is 301 g/mol. The highest BCUT2D eigenvalue weighted by Crippen LogP contribution is 2.26. The van der Waals surface area contributed by atoms with Gasteiger partial charge >= 0.3 is 12.0 Å². The molecule has 0 aromatic heterocycles. The predicted octanol–water partition coefficient (Wildman–Crippen LogP) is 1.17.